The topological polar surface area (TPSA) is 118 Å². The van der Waals surface area contributed by atoms with Crippen LogP contribution in [0, 0.1) is 0 Å². The Balaban J connectivity index is 2.75. The smallest absolute Gasteiger partial charge is 0.358 e. The molecule has 7 heteroatoms. The molecule has 90 valence electrons. The number of aromatic carboxylic acids is 1. The highest BCUT2D eigenvalue weighted by molar-refractivity contribution is 5.90. The lowest BCUT2D eigenvalue weighted by atomic mass is 10.3. The molecular weight excluding hydrogens is 224 g/mol. The first-order valence-corrected chi connectivity index (χ1v) is 4.77. The van der Waals surface area contributed by atoms with Crippen molar-refractivity contribution >= 4 is 23.8 Å². The maximum Gasteiger partial charge on any atom is 0.358 e. The second-order valence-electron chi connectivity index (χ2n) is 3.17. The summed E-state index contributed by atoms with van der Waals surface area (Å²) in [7, 11) is 0. The number of aromatic nitrogens is 2. The predicted molar refractivity (Wildman–Crippen MR) is 61.1 cm³/mol. The summed E-state index contributed by atoms with van der Waals surface area (Å²) in [4.78, 5) is 28.8. The van der Waals surface area contributed by atoms with Crippen molar-refractivity contribution in [2.45, 2.75) is 6.92 Å². The Hall–Kier alpha value is -2.44. The lowest BCUT2D eigenvalue weighted by Gasteiger charge is -2.00. The van der Waals surface area contributed by atoms with Gasteiger partial charge >= 0.3 is 5.97 Å². The number of anilines is 1. The van der Waals surface area contributed by atoms with Crippen LogP contribution in [0.4, 0.5) is 5.82 Å². The van der Waals surface area contributed by atoms with Gasteiger partial charge in [0.2, 0.25) is 5.91 Å². The third-order valence-electron chi connectivity index (χ3n) is 1.78. The van der Waals surface area contributed by atoms with E-state index in [1.165, 1.54) is 13.1 Å². The average molecular weight is 236 g/mol. The predicted octanol–water partition coefficient (Wildman–Crippen LogP) is -0.0937. The van der Waals surface area contributed by atoms with Crippen LogP contribution in [-0.2, 0) is 4.79 Å². The van der Waals surface area contributed by atoms with Crippen LogP contribution in [0.15, 0.2) is 12.3 Å². The number of carbonyl (C=O) groups excluding carboxylic acids is 1. The molecular formula is C10H12N4O3. The molecule has 0 radical (unpaired) electrons. The highest BCUT2D eigenvalue weighted by Crippen LogP contribution is 2.06. The lowest BCUT2D eigenvalue weighted by Crippen LogP contribution is -2.19. The van der Waals surface area contributed by atoms with Gasteiger partial charge in [-0.15, -0.1) is 0 Å². The number of carboxylic acids is 1. The van der Waals surface area contributed by atoms with Gasteiger partial charge in [0.05, 0.1) is 11.9 Å². The maximum absolute atomic E-state index is 10.7. The third-order valence-corrected chi connectivity index (χ3v) is 1.78. The van der Waals surface area contributed by atoms with E-state index in [1.807, 2.05) is 0 Å². The Bertz CT molecular complexity index is 471. The van der Waals surface area contributed by atoms with Crippen LogP contribution < -0.4 is 11.1 Å². The highest BCUT2D eigenvalue weighted by atomic mass is 16.4. The van der Waals surface area contributed by atoms with E-state index in [-0.39, 0.29) is 17.4 Å². The Labute approximate surface area is 97.4 Å². The molecule has 0 aliphatic rings. The molecule has 0 unspecified atom stereocenters. The van der Waals surface area contributed by atoms with Gasteiger partial charge < -0.3 is 16.2 Å². The minimum atomic E-state index is -1.23. The van der Waals surface area contributed by atoms with Crippen molar-refractivity contribution in [2.24, 2.45) is 0 Å². The minimum absolute atomic E-state index is 0.128. The monoisotopic (exact) mass is 236 g/mol. The molecule has 1 heterocycles. The molecule has 4 N–H and O–H groups in total. The molecule has 0 atom stereocenters. The van der Waals surface area contributed by atoms with E-state index in [0.29, 0.717) is 12.2 Å². The summed E-state index contributed by atoms with van der Waals surface area (Å²) in [6.07, 6.45) is 4.54. The van der Waals surface area contributed by atoms with Gasteiger partial charge in [0.25, 0.3) is 0 Å². The van der Waals surface area contributed by atoms with Gasteiger partial charge in [-0.25, -0.2) is 14.8 Å². The summed E-state index contributed by atoms with van der Waals surface area (Å²) in [6.45, 7) is 1.74. The van der Waals surface area contributed by atoms with Crippen molar-refractivity contribution in [3.63, 3.8) is 0 Å². The zero-order valence-corrected chi connectivity index (χ0v) is 9.17. The van der Waals surface area contributed by atoms with E-state index >= 15 is 0 Å². The summed E-state index contributed by atoms with van der Waals surface area (Å²) in [5.74, 6) is -1.51. The fourth-order valence-electron chi connectivity index (χ4n) is 1.03. The average Bonchev–Trinajstić information content (AvgIpc) is 2.25. The van der Waals surface area contributed by atoms with Gasteiger partial charge in [-0.2, -0.15) is 0 Å². The van der Waals surface area contributed by atoms with Crippen molar-refractivity contribution in [1.82, 2.24) is 15.3 Å². The Morgan fingerprint density at radius 2 is 2.29 bits per heavy atom. The normalized spacial score (nSPS) is 10.4. The number of nitrogen functional groups attached to an aromatic ring is 1. The molecule has 0 aromatic carbocycles. The van der Waals surface area contributed by atoms with E-state index in [9.17, 15) is 9.59 Å². The largest absolute Gasteiger partial charge is 0.476 e. The van der Waals surface area contributed by atoms with Crippen molar-refractivity contribution in [2.75, 3.05) is 12.3 Å². The van der Waals surface area contributed by atoms with Crippen LogP contribution in [0.1, 0.15) is 23.1 Å². The molecule has 0 spiro atoms. The molecule has 1 amide bonds. The SMILES string of the molecule is CC(=O)NCC=Cc1cnc(N)c(C(=O)O)n1. The minimum Gasteiger partial charge on any atom is -0.476 e. The number of amides is 1. The van der Waals surface area contributed by atoms with Gasteiger partial charge in [-0.3, -0.25) is 4.79 Å². The van der Waals surface area contributed by atoms with E-state index in [4.69, 9.17) is 10.8 Å². The van der Waals surface area contributed by atoms with Gasteiger partial charge in [-0.05, 0) is 6.08 Å². The molecule has 1 aromatic heterocycles. The number of nitrogens with two attached hydrogens (primary N) is 1. The number of hydrogen-bond acceptors (Lipinski definition) is 5. The van der Waals surface area contributed by atoms with Gasteiger partial charge in [0, 0.05) is 13.5 Å². The first-order valence-electron chi connectivity index (χ1n) is 4.77. The molecule has 7 nitrogen and oxygen atoms in total. The quantitative estimate of drug-likeness (QED) is 0.672. The van der Waals surface area contributed by atoms with Crippen molar-refractivity contribution < 1.29 is 14.7 Å². The summed E-state index contributed by atoms with van der Waals surface area (Å²) in [5, 5.41) is 11.3. The number of carbonyl (C=O) groups is 2. The molecule has 0 saturated heterocycles. The maximum atomic E-state index is 10.7. The van der Waals surface area contributed by atoms with Crippen molar-refractivity contribution in [1.29, 1.82) is 0 Å². The zero-order valence-electron chi connectivity index (χ0n) is 9.17. The van der Waals surface area contributed by atoms with E-state index in [1.54, 1.807) is 12.2 Å². The Kier molecular flexibility index (Phi) is 4.15. The molecule has 0 aliphatic heterocycles. The standard InChI is InChI=1S/C10H12N4O3/c1-6(15)12-4-2-3-7-5-13-9(11)8(14-7)10(16)17/h2-3,5H,4H2,1H3,(H2,11,13)(H,12,15)(H,16,17). The van der Waals surface area contributed by atoms with Crippen LogP contribution in [0.2, 0.25) is 0 Å². The van der Waals surface area contributed by atoms with Crippen molar-refractivity contribution in [3.05, 3.63) is 23.7 Å². The fraction of sp³-hybridized carbons (Fsp3) is 0.200. The van der Waals surface area contributed by atoms with E-state index < -0.39 is 5.97 Å². The lowest BCUT2D eigenvalue weighted by molar-refractivity contribution is -0.118. The second-order valence-corrected chi connectivity index (χ2v) is 3.17. The van der Waals surface area contributed by atoms with Crippen molar-refractivity contribution in [3.8, 4) is 0 Å². The van der Waals surface area contributed by atoms with Crippen LogP contribution >= 0.6 is 0 Å². The first kappa shape index (κ1) is 12.6. The first-order chi connectivity index (χ1) is 8.00. The van der Waals surface area contributed by atoms with Crippen LogP contribution in [-0.4, -0.2) is 33.5 Å². The zero-order chi connectivity index (χ0) is 12.8. The number of carboxylic acid groups (broad SMARTS) is 1. The third kappa shape index (κ3) is 3.90. The molecule has 0 saturated carbocycles. The molecule has 0 bridgehead atoms. The van der Waals surface area contributed by atoms with E-state index in [0.717, 1.165) is 0 Å². The molecule has 1 aromatic rings. The number of hydrogen-bond donors (Lipinski definition) is 3. The van der Waals surface area contributed by atoms with E-state index in [2.05, 4.69) is 15.3 Å². The molecule has 17 heavy (non-hydrogen) atoms. The van der Waals surface area contributed by atoms with Gasteiger partial charge in [0.15, 0.2) is 11.5 Å². The van der Waals surface area contributed by atoms with Crippen LogP contribution in [0.3, 0.4) is 0 Å². The summed E-state index contributed by atoms with van der Waals surface area (Å²) >= 11 is 0. The summed E-state index contributed by atoms with van der Waals surface area (Å²) < 4.78 is 0. The fourth-order valence-corrected chi connectivity index (χ4v) is 1.03. The number of rotatable bonds is 4. The molecule has 0 fully saturated rings. The molecule has 0 aliphatic carbocycles. The number of nitrogens with one attached hydrogen (secondary N) is 1. The summed E-state index contributed by atoms with van der Waals surface area (Å²) in [5.41, 5.74) is 5.43. The number of nitrogens with zero attached hydrogens (tertiary/aromatic N) is 2. The highest BCUT2D eigenvalue weighted by Gasteiger charge is 2.10. The second kappa shape index (κ2) is 5.59. The van der Waals surface area contributed by atoms with Crippen LogP contribution in [0.25, 0.3) is 6.08 Å². The Morgan fingerprint density at radius 1 is 1.59 bits per heavy atom. The summed E-state index contributed by atoms with van der Waals surface area (Å²) in [6, 6.07) is 0. The van der Waals surface area contributed by atoms with Gasteiger partial charge in [0.1, 0.15) is 0 Å². The Morgan fingerprint density at radius 3 is 2.88 bits per heavy atom. The van der Waals surface area contributed by atoms with Gasteiger partial charge in [-0.1, -0.05) is 6.08 Å². The van der Waals surface area contributed by atoms with Crippen LogP contribution in [0.5, 0.6) is 0 Å². The molecule has 1 rings (SSSR count).